The van der Waals surface area contributed by atoms with Gasteiger partial charge in [-0.3, -0.25) is 9.69 Å². The zero-order valence-electron chi connectivity index (χ0n) is 18.8. The van der Waals surface area contributed by atoms with Gasteiger partial charge in [-0.25, -0.2) is 0 Å². The van der Waals surface area contributed by atoms with Gasteiger partial charge < -0.3 is 33.9 Å². The van der Waals surface area contributed by atoms with E-state index in [1.54, 1.807) is 7.11 Å². The van der Waals surface area contributed by atoms with Crippen LogP contribution in [0.4, 0.5) is 0 Å². The third-order valence-corrected chi connectivity index (χ3v) is 6.28. The quantitative estimate of drug-likeness (QED) is 0.314. The Kier molecular flexibility index (Phi) is 8.25. The van der Waals surface area contributed by atoms with Gasteiger partial charge in [0, 0.05) is 44.7 Å². The number of allylic oxidation sites excluding steroid dienone is 1. The molecule has 3 rings (SSSR count). The number of aliphatic hydroxyl groups is 2. The average molecular weight is 442 g/mol. The van der Waals surface area contributed by atoms with Gasteiger partial charge in [-0.15, -0.1) is 0 Å². The van der Waals surface area contributed by atoms with E-state index in [0.29, 0.717) is 25.0 Å². The Morgan fingerprint density at radius 2 is 2.10 bits per heavy atom. The Morgan fingerprint density at radius 3 is 2.71 bits per heavy atom. The van der Waals surface area contributed by atoms with Gasteiger partial charge in [0.2, 0.25) is 0 Å². The Labute approximate surface area is 183 Å². The lowest BCUT2D eigenvalue weighted by atomic mass is 9.97. The lowest BCUT2D eigenvalue weighted by Gasteiger charge is -2.41. The van der Waals surface area contributed by atoms with E-state index in [9.17, 15) is 15.0 Å². The molecule has 3 aliphatic rings. The Bertz CT molecular complexity index is 695. The second-order valence-corrected chi connectivity index (χ2v) is 8.18. The number of carbonyl (C=O) groups excluding carboxylic acids is 1. The second-order valence-electron chi connectivity index (χ2n) is 8.18. The third-order valence-electron chi connectivity index (χ3n) is 6.28. The number of hydrogen-bond donors (Lipinski definition) is 2. The molecule has 3 fully saturated rings. The molecule has 0 aliphatic carbocycles. The van der Waals surface area contributed by atoms with E-state index in [1.165, 1.54) is 6.92 Å². The molecule has 3 heterocycles. The monoisotopic (exact) mass is 441 g/mol. The fourth-order valence-electron chi connectivity index (χ4n) is 4.65. The van der Waals surface area contributed by atoms with Gasteiger partial charge in [0.1, 0.15) is 11.9 Å². The Morgan fingerprint density at radius 1 is 1.35 bits per heavy atom. The summed E-state index contributed by atoms with van der Waals surface area (Å²) in [6.07, 6.45) is -0.977. The first kappa shape index (κ1) is 24.3. The summed E-state index contributed by atoms with van der Waals surface area (Å²) in [6.45, 7) is 9.98. The lowest BCUT2D eigenvalue weighted by molar-refractivity contribution is -0.252. The molecule has 0 saturated carbocycles. The fraction of sp³-hybridized carbons (Fsp3) is 0.773. The van der Waals surface area contributed by atoms with Crippen LogP contribution in [0.5, 0.6) is 0 Å². The number of morpholine rings is 1. The normalized spacial score (nSPS) is 35.1. The van der Waals surface area contributed by atoms with Crippen molar-refractivity contribution in [2.24, 2.45) is 0 Å². The molecular formula is C22H35NO8. The second kappa shape index (κ2) is 10.5. The smallest absolute Gasteiger partial charge is 0.197 e. The largest absolute Gasteiger partial charge is 0.507 e. The summed E-state index contributed by atoms with van der Waals surface area (Å²) in [5.41, 5.74) is 0.561. The molecule has 0 aromatic heterocycles. The molecule has 0 aromatic rings. The molecular weight excluding hydrogens is 406 g/mol. The lowest BCUT2D eigenvalue weighted by Crippen LogP contribution is -2.55. The van der Waals surface area contributed by atoms with Gasteiger partial charge in [0.05, 0.1) is 24.4 Å². The van der Waals surface area contributed by atoms with Gasteiger partial charge >= 0.3 is 0 Å². The number of methoxy groups -OCH3 is 1. The van der Waals surface area contributed by atoms with Crippen molar-refractivity contribution in [1.82, 2.24) is 4.90 Å². The van der Waals surface area contributed by atoms with E-state index < -0.39 is 18.7 Å². The topological polar surface area (TPSA) is 107 Å². The van der Waals surface area contributed by atoms with E-state index in [4.69, 9.17) is 23.7 Å². The van der Waals surface area contributed by atoms with Crippen LogP contribution in [0, 0.1) is 0 Å². The number of fused-ring (bicyclic) bond motifs is 3. The molecule has 31 heavy (non-hydrogen) atoms. The van der Waals surface area contributed by atoms with Crippen LogP contribution in [0.1, 0.15) is 40.0 Å². The van der Waals surface area contributed by atoms with E-state index in [-0.39, 0.29) is 54.6 Å². The number of nitrogens with zero attached hydrogens (tertiary/aromatic N) is 1. The number of aliphatic hydroxyl groups excluding tert-OH is 2. The molecule has 3 aliphatic heterocycles. The molecule has 0 amide bonds. The van der Waals surface area contributed by atoms with Crippen LogP contribution in [0.3, 0.4) is 0 Å². The highest BCUT2D eigenvalue weighted by atomic mass is 16.7. The Hall–Kier alpha value is -1.33. The molecule has 9 heteroatoms. The van der Waals surface area contributed by atoms with E-state index in [1.807, 2.05) is 13.8 Å². The minimum absolute atomic E-state index is 0.0346. The average Bonchev–Trinajstić information content (AvgIpc) is 3.13. The van der Waals surface area contributed by atoms with Gasteiger partial charge in [0.15, 0.2) is 24.6 Å². The highest BCUT2D eigenvalue weighted by Crippen LogP contribution is 2.38. The van der Waals surface area contributed by atoms with Crippen molar-refractivity contribution in [2.45, 2.75) is 83.2 Å². The molecule has 0 unspecified atom stereocenters. The fourth-order valence-corrected chi connectivity index (χ4v) is 4.65. The summed E-state index contributed by atoms with van der Waals surface area (Å²) < 4.78 is 29.6. The van der Waals surface area contributed by atoms with Gasteiger partial charge in [0.25, 0.3) is 0 Å². The molecule has 2 N–H and O–H groups in total. The number of rotatable bonds is 9. The summed E-state index contributed by atoms with van der Waals surface area (Å²) in [4.78, 5) is 13.9. The number of hydrogen-bond acceptors (Lipinski definition) is 9. The van der Waals surface area contributed by atoms with Gasteiger partial charge in [-0.1, -0.05) is 13.5 Å². The summed E-state index contributed by atoms with van der Waals surface area (Å²) in [6, 6.07) is 0.0740. The zero-order valence-corrected chi connectivity index (χ0v) is 18.8. The first-order valence-corrected chi connectivity index (χ1v) is 10.9. The molecule has 3 saturated heterocycles. The maximum absolute atomic E-state index is 11.7. The van der Waals surface area contributed by atoms with Crippen molar-refractivity contribution in [3.8, 4) is 0 Å². The molecule has 0 aromatic carbocycles. The zero-order chi connectivity index (χ0) is 22.7. The highest BCUT2D eigenvalue weighted by Gasteiger charge is 2.53. The summed E-state index contributed by atoms with van der Waals surface area (Å²) in [5.74, 6) is -0.485. The minimum atomic E-state index is -0.602. The Balaban J connectivity index is 1.77. The van der Waals surface area contributed by atoms with Gasteiger partial charge in [-0.05, 0) is 20.3 Å². The van der Waals surface area contributed by atoms with Crippen LogP contribution in [0.25, 0.3) is 0 Å². The van der Waals surface area contributed by atoms with Crippen molar-refractivity contribution in [3.63, 3.8) is 0 Å². The predicted octanol–water partition coefficient (Wildman–Crippen LogP) is 1.65. The van der Waals surface area contributed by atoms with Crippen molar-refractivity contribution < 1.29 is 38.7 Å². The number of ketones is 1. The third kappa shape index (κ3) is 5.03. The minimum Gasteiger partial charge on any atom is -0.507 e. The van der Waals surface area contributed by atoms with Crippen LogP contribution in [-0.4, -0.2) is 90.9 Å². The molecule has 0 bridgehead atoms. The van der Waals surface area contributed by atoms with Crippen LogP contribution in [0.15, 0.2) is 23.5 Å². The standard InChI is InChI=1S/C22H35NO8/c1-6-15(19(26)12(2)13(3)25)17(7-9-24)30-18-11-16-20(14(4)29-18)31-21-22(27-5)28-10-8-23(16)21/h14,16-18,20-22,24,26H,2,6-11H2,1,3-5H3/b19-15-/t14-,16-,17-,18-,20+,21+,22-/m0/s1. The highest BCUT2D eigenvalue weighted by molar-refractivity contribution is 5.96. The molecule has 7 atom stereocenters. The SMILES string of the molecule is C=C(C(C)=O)/C(O)=C(\CC)[C@H](CCO)O[C@H]1C[C@H]2[C@H](O[C@@H]3[C@@H](OC)OCCN32)[C@H](C)O1. The van der Waals surface area contributed by atoms with Crippen molar-refractivity contribution in [3.05, 3.63) is 23.5 Å². The molecule has 176 valence electrons. The first-order valence-electron chi connectivity index (χ1n) is 10.9. The van der Waals surface area contributed by atoms with E-state index in [2.05, 4.69) is 11.5 Å². The predicted molar refractivity (Wildman–Crippen MR) is 111 cm³/mol. The van der Waals surface area contributed by atoms with Crippen molar-refractivity contribution in [2.75, 3.05) is 26.9 Å². The summed E-state index contributed by atoms with van der Waals surface area (Å²) in [5, 5.41) is 20.2. The van der Waals surface area contributed by atoms with Crippen molar-refractivity contribution in [1.29, 1.82) is 0 Å². The maximum atomic E-state index is 11.7. The van der Waals surface area contributed by atoms with Crippen LogP contribution in [0.2, 0.25) is 0 Å². The van der Waals surface area contributed by atoms with E-state index in [0.717, 1.165) is 6.54 Å². The van der Waals surface area contributed by atoms with Crippen molar-refractivity contribution >= 4 is 5.78 Å². The van der Waals surface area contributed by atoms with Gasteiger partial charge in [-0.2, -0.15) is 0 Å². The van der Waals surface area contributed by atoms with Crippen LogP contribution < -0.4 is 0 Å². The first-order chi connectivity index (χ1) is 14.8. The number of ether oxygens (including phenoxy) is 5. The molecule has 9 nitrogen and oxygen atoms in total. The van der Waals surface area contributed by atoms with E-state index >= 15 is 0 Å². The van der Waals surface area contributed by atoms with Crippen LogP contribution >= 0.6 is 0 Å². The molecule has 0 radical (unpaired) electrons. The summed E-state index contributed by atoms with van der Waals surface area (Å²) in [7, 11) is 1.60. The van der Waals surface area contributed by atoms with Crippen LogP contribution in [-0.2, 0) is 28.5 Å². The summed E-state index contributed by atoms with van der Waals surface area (Å²) >= 11 is 0. The maximum Gasteiger partial charge on any atom is 0.197 e. The number of carbonyl (C=O) groups is 1. The number of Topliss-reactive ketones (excluding diaryl/α,β-unsaturated/α-hetero) is 1. The molecule has 0 spiro atoms.